The maximum absolute atomic E-state index is 11.6. The summed E-state index contributed by atoms with van der Waals surface area (Å²) in [6.07, 6.45) is 1.36. The van der Waals surface area contributed by atoms with E-state index in [0.29, 0.717) is 17.1 Å². The Balaban J connectivity index is 1.61. The summed E-state index contributed by atoms with van der Waals surface area (Å²) in [5.74, 6) is 0.652. The van der Waals surface area contributed by atoms with Gasteiger partial charge in [0.1, 0.15) is 17.8 Å². The molecule has 0 atom stereocenters. The van der Waals surface area contributed by atoms with Crippen LogP contribution in [0.25, 0.3) is 10.9 Å². The van der Waals surface area contributed by atoms with Crippen LogP contribution in [-0.2, 0) is 4.74 Å². The monoisotopic (exact) mass is 401 g/mol. The molecule has 2 aromatic heterocycles. The fraction of sp³-hybridized carbons (Fsp3) is 0.0909. The Labute approximate surface area is 172 Å². The number of benzene rings is 2. The number of hydrogen-bond donors (Lipinski definition) is 2. The average Bonchev–Trinajstić information content (AvgIpc) is 2.77. The van der Waals surface area contributed by atoms with E-state index in [1.54, 1.807) is 24.3 Å². The number of carbonyl (C=O) groups excluding carboxylic acids is 1. The smallest absolute Gasteiger partial charge is 0.337 e. The van der Waals surface area contributed by atoms with Gasteiger partial charge in [-0.1, -0.05) is 18.2 Å². The van der Waals surface area contributed by atoms with Crippen molar-refractivity contribution >= 4 is 34.1 Å². The number of para-hydroxylation sites is 1. The number of aryl methyl sites for hydroxylation is 1. The highest BCUT2D eigenvalue weighted by atomic mass is 16.5. The van der Waals surface area contributed by atoms with Gasteiger partial charge >= 0.3 is 5.97 Å². The molecule has 8 nitrogen and oxygen atoms in total. The minimum atomic E-state index is -0.423. The number of ether oxygens (including phenoxy) is 2. The lowest BCUT2D eigenvalue weighted by molar-refractivity contribution is 0.0600. The van der Waals surface area contributed by atoms with Gasteiger partial charge in [-0.15, -0.1) is 0 Å². The van der Waals surface area contributed by atoms with Crippen molar-refractivity contribution < 1.29 is 14.3 Å². The SMILES string of the molecule is COC(=O)c1ccc(Oc2ncnc(Nc3cccc4ccc(C)nc34)c2N)cc1. The molecule has 150 valence electrons. The van der Waals surface area contributed by atoms with Crippen molar-refractivity contribution in [2.45, 2.75) is 6.92 Å². The van der Waals surface area contributed by atoms with Gasteiger partial charge in [-0.05, 0) is 43.3 Å². The number of nitrogens with zero attached hydrogens (tertiary/aromatic N) is 3. The molecule has 4 aromatic rings. The summed E-state index contributed by atoms with van der Waals surface area (Å²) in [7, 11) is 1.33. The van der Waals surface area contributed by atoms with Crippen molar-refractivity contribution in [3.05, 3.63) is 72.2 Å². The maximum atomic E-state index is 11.6. The van der Waals surface area contributed by atoms with E-state index >= 15 is 0 Å². The molecule has 2 aromatic carbocycles. The molecule has 0 amide bonds. The predicted molar refractivity (Wildman–Crippen MR) is 114 cm³/mol. The van der Waals surface area contributed by atoms with Gasteiger partial charge in [0.2, 0.25) is 5.88 Å². The molecule has 4 rings (SSSR count). The number of nitrogens with two attached hydrogens (primary N) is 1. The van der Waals surface area contributed by atoms with Gasteiger partial charge in [0.15, 0.2) is 5.82 Å². The lowest BCUT2D eigenvalue weighted by Gasteiger charge is -2.13. The van der Waals surface area contributed by atoms with E-state index in [4.69, 9.17) is 10.5 Å². The van der Waals surface area contributed by atoms with Crippen LogP contribution in [0.3, 0.4) is 0 Å². The number of esters is 1. The summed E-state index contributed by atoms with van der Waals surface area (Å²) in [6.45, 7) is 1.94. The summed E-state index contributed by atoms with van der Waals surface area (Å²) in [5.41, 5.74) is 9.41. The van der Waals surface area contributed by atoms with Gasteiger partial charge in [0, 0.05) is 11.1 Å². The van der Waals surface area contributed by atoms with E-state index in [2.05, 4.69) is 25.0 Å². The third kappa shape index (κ3) is 3.83. The molecule has 0 aliphatic rings. The van der Waals surface area contributed by atoms with Crippen LogP contribution in [-0.4, -0.2) is 28.0 Å². The highest BCUT2D eigenvalue weighted by molar-refractivity contribution is 5.93. The molecule has 0 fully saturated rings. The third-order valence-electron chi connectivity index (χ3n) is 4.45. The minimum Gasteiger partial charge on any atom is -0.465 e. The van der Waals surface area contributed by atoms with Gasteiger partial charge in [-0.3, -0.25) is 4.98 Å². The Kier molecular flexibility index (Phi) is 5.13. The highest BCUT2D eigenvalue weighted by Gasteiger charge is 2.13. The first-order valence-electron chi connectivity index (χ1n) is 9.15. The van der Waals surface area contributed by atoms with Crippen molar-refractivity contribution in [1.82, 2.24) is 15.0 Å². The number of nitrogens with one attached hydrogen (secondary N) is 1. The maximum Gasteiger partial charge on any atom is 0.337 e. The molecule has 8 heteroatoms. The van der Waals surface area contributed by atoms with Crippen molar-refractivity contribution in [2.75, 3.05) is 18.2 Å². The number of anilines is 3. The minimum absolute atomic E-state index is 0.197. The van der Waals surface area contributed by atoms with Gasteiger partial charge in [-0.2, -0.15) is 4.98 Å². The largest absolute Gasteiger partial charge is 0.465 e. The van der Waals surface area contributed by atoms with Gasteiger partial charge in [-0.25, -0.2) is 9.78 Å². The Hall–Kier alpha value is -4.20. The zero-order chi connectivity index (χ0) is 21.1. The molecule has 2 heterocycles. The van der Waals surface area contributed by atoms with Gasteiger partial charge < -0.3 is 20.5 Å². The molecule has 0 aliphatic heterocycles. The van der Waals surface area contributed by atoms with Crippen molar-refractivity contribution in [1.29, 1.82) is 0 Å². The van der Waals surface area contributed by atoms with E-state index in [-0.39, 0.29) is 11.6 Å². The van der Waals surface area contributed by atoms with Crippen molar-refractivity contribution in [3.8, 4) is 11.6 Å². The molecule has 0 radical (unpaired) electrons. The van der Waals surface area contributed by atoms with Crippen molar-refractivity contribution in [2.24, 2.45) is 0 Å². The Morgan fingerprint density at radius 2 is 1.83 bits per heavy atom. The first-order chi connectivity index (χ1) is 14.5. The normalized spacial score (nSPS) is 10.6. The summed E-state index contributed by atoms with van der Waals surface area (Å²) in [5, 5.41) is 4.22. The third-order valence-corrected chi connectivity index (χ3v) is 4.45. The summed E-state index contributed by atoms with van der Waals surface area (Å²) < 4.78 is 10.5. The average molecular weight is 401 g/mol. The summed E-state index contributed by atoms with van der Waals surface area (Å²) in [6, 6.07) is 16.3. The standard InChI is InChI=1S/C22H19N5O3/c1-13-6-7-14-4-3-5-17(19(14)26-13)27-20-18(23)21(25-12-24-20)30-16-10-8-15(9-11-16)22(28)29-2/h3-12H,23H2,1-2H3,(H,24,25,27). The van der Waals surface area contributed by atoms with Crippen LogP contribution in [0.1, 0.15) is 16.1 Å². The van der Waals surface area contributed by atoms with Crippen LogP contribution in [0.5, 0.6) is 11.6 Å². The Morgan fingerprint density at radius 3 is 2.60 bits per heavy atom. The van der Waals surface area contributed by atoms with Crippen LogP contribution in [0.2, 0.25) is 0 Å². The highest BCUT2D eigenvalue weighted by Crippen LogP contribution is 2.32. The number of pyridine rings is 1. The van der Waals surface area contributed by atoms with E-state index in [9.17, 15) is 4.79 Å². The Bertz CT molecular complexity index is 1230. The first kappa shape index (κ1) is 19.1. The molecular formula is C22H19N5O3. The molecular weight excluding hydrogens is 382 g/mol. The summed E-state index contributed by atoms with van der Waals surface area (Å²) >= 11 is 0. The molecule has 0 saturated carbocycles. The van der Waals surface area contributed by atoms with E-state index in [0.717, 1.165) is 22.3 Å². The summed E-state index contributed by atoms with van der Waals surface area (Å²) in [4.78, 5) is 24.5. The van der Waals surface area contributed by atoms with Gasteiger partial charge in [0.05, 0.1) is 23.9 Å². The fourth-order valence-corrected chi connectivity index (χ4v) is 2.92. The number of nitrogen functional groups attached to an aromatic ring is 1. The first-order valence-corrected chi connectivity index (χ1v) is 9.15. The van der Waals surface area contributed by atoms with Crippen LogP contribution in [0.4, 0.5) is 17.2 Å². The molecule has 0 aliphatic carbocycles. The fourth-order valence-electron chi connectivity index (χ4n) is 2.92. The molecule has 0 bridgehead atoms. The van der Waals surface area contributed by atoms with E-state index in [1.165, 1.54) is 13.4 Å². The molecule has 0 unspecified atom stereocenters. The van der Waals surface area contributed by atoms with Crippen LogP contribution >= 0.6 is 0 Å². The lowest BCUT2D eigenvalue weighted by atomic mass is 10.1. The molecule has 30 heavy (non-hydrogen) atoms. The second kappa shape index (κ2) is 8.04. The molecule has 3 N–H and O–H groups in total. The van der Waals surface area contributed by atoms with Crippen LogP contribution in [0, 0.1) is 6.92 Å². The zero-order valence-electron chi connectivity index (χ0n) is 16.4. The quantitative estimate of drug-likeness (QED) is 0.478. The number of carbonyl (C=O) groups is 1. The second-order valence-corrected chi connectivity index (χ2v) is 6.51. The number of fused-ring (bicyclic) bond motifs is 1. The van der Waals surface area contributed by atoms with Crippen LogP contribution < -0.4 is 15.8 Å². The zero-order valence-corrected chi connectivity index (χ0v) is 16.4. The number of methoxy groups -OCH3 is 1. The van der Waals surface area contributed by atoms with Gasteiger partial charge in [0.25, 0.3) is 0 Å². The molecule has 0 saturated heterocycles. The number of hydrogen-bond acceptors (Lipinski definition) is 8. The Morgan fingerprint density at radius 1 is 1.03 bits per heavy atom. The van der Waals surface area contributed by atoms with Crippen molar-refractivity contribution in [3.63, 3.8) is 0 Å². The predicted octanol–water partition coefficient (Wildman–Crippen LogP) is 4.24. The lowest BCUT2D eigenvalue weighted by Crippen LogP contribution is -2.04. The van der Waals surface area contributed by atoms with E-state index in [1.807, 2.05) is 37.3 Å². The number of aromatic nitrogens is 3. The van der Waals surface area contributed by atoms with E-state index < -0.39 is 5.97 Å². The second-order valence-electron chi connectivity index (χ2n) is 6.51. The number of rotatable bonds is 5. The topological polar surface area (TPSA) is 112 Å². The van der Waals surface area contributed by atoms with Crippen LogP contribution in [0.15, 0.2) is 60.9 Å². The molecule has 0 spiro atoms.